The molecule has 2 nitrogen and oxygen atoms in total. The lowest BCUT2D eigenvalue weighted by molar-refractivity contribution is 0.139. The zero-order chi connectivity index (χ0) is 5.66. The Hall–Kier alpha value is 0.270. The van der Waals surface area contributed by atoms with Crippen molar-refractivity contribution < 1.29 is 4.74 Å². The molecule has 0 aromatic heterocycles. The van der Waals surface area contributed by atoms with E-state index in [9.17, 15) is 0 Å². The number of hydrogen-bond acceptors (Lipinski definition) is 3. The summed E-state index contributed by atoms with van der Waals surface area (Å²) in [5.74, 6) is 1.18. The summed E-state index contributed by atoms with van der Waals surface area (Å²) in [6, 6.07) is 0. The molecule has 3 heteroatoms. The van der Waals surface area contributed by atoms with Gasteiger partial charge in [0.15, 0.2) is 0 Å². The molecule has 48 valence electrons. The summed E-state index contributed by atoms with van der Waals surface area (Å²) in [5.41, 5.74) is 0. The second kappa shape index (κ2) is 4.18. The molecule has 1 rings (SSSR count). The lowest BCUT2D eigenvalue weighted by Crippen LogP contribution is -2.17. The van der Waals surface area contributed by atoms with Crippen molar-refractivity contribution in [3.05, 3.63) is 0 Å². The van der Waals surface area contributed by atoms with Crippen molar-refractivity contribution in [1.29, 1.82) is 0 Å². The average Bonchev–Trinajstić information content (AvgIpc) is 1.62. The molecule has 8 heavy (non-hydrogen) atoms. The van der Waals surface area contributed by atoms with E-state index in [1.54, 1.807) is 11.9 Å². The Morgan fingerprint density at radius 3 is 3.38 bits per heavy atom. The van der Waals surface area contributed by atoms with Crippen LogP contribution in [0.15, 0.2) is 0 Å². The van der Waals surface area contributed by atoms with Gasteiger partial charge in [-0.1, -0.05) is 11.9 Å². The van der Waals surface area contributed by atoms with Crippen molar-refractivity contribution in [2.24, 2.45) is 0 Å². The SMILES string of the molecule is C1COCCNSC1. The third-order valence-corrected chi connectivity index (χ3v) is 1.89. The lowest BCUT2D eigenvalue weighted by Gasteiger charge is -2.08. The van der Waals surface area contributed by atoms with Crippen molar-refractivity contribution >= 4 is 11.9 Å². The van der Waals surface area contributed by atoms with E-state index in [1.807, 2.05) is 0 Å². The van der Waals surface area contributed by atoms with Crippen LogP contribution < -0.4 is 4.72 Å². The van der Waals surface area contributed by atoms with E-state index in [0.29, 0.717) is 0 Å². The van der Waals surface area contributed by atoms with Crippen molar-refractivity contribution in [3.8, 4) is 0 Å². The van der Waals surface area contributed by atoms with E-state index in [2.05, 4.69) is 4.72 Å². The second-order valence-electron chi connectivity index (χ2n) is 1.71. The van der Waals surface area contributed by atoms with Crippen molar-refractivity contribution in [2.75, 3.05) is 25.5 Å². The molecule has 0 radical (unpaired) electrons. The fourth-order valence-corrected chi connectivity index (χ4v) is 1.23. The largest absolute Gasteiger partial charge is 0.380 e. The van der Waals surface area contributed by atoms with Crippen molar-refractivity contribution in [1.82, 2.24) is 4.72 Å². The van der Waals surface area contributed by atoms with Crippen LogP contribution in [0.3, 0.4) is 0 Å². The summed E-state index contributed by atoms with van der Waals surface area (Å²) in [6.45, 7) is 2.80. The van der Waals surface area contributed by atoms with E-state index in [4.69, 9.17) is 4.74 Å². The molecule has 0 atom stereocenters. The molecule has 1 aliphatic heterocycles. The highest BCUT2D eigenvalue weighted by atomic mass is 32.2. The number of ether oxygens (including phenoxy) is 1. The summed E-state index contributed by atoms with van der Waals surface area (Å²) in [6.07, 6.45) is 1.18. The van der Waals surface area contributed by atoms with E-state index >= 15 is 0 Å². The highest BCUT2D eigenvalue weighted by Crippen LogP contribution is 1.98. The van der Waals surface area contributed by atoms with Gasteiger partial charge in [-0.3, -0.25) is 4.72 Å². The summed E-state index contributed by atoms with van der Waals surface area (Å²) >= 11 is 1.80. The quantitative estimate of drug-likeness (QED) is 0.490. The van der Waals surface area contributed by atoms with Gasteiger partial charge in [0.05, 0.1) is 6.61 Å². The number of hydrogen-bond donors (Lipinski definition) is 1. The first kappa shape index (κ1) is 6.39. The van der Waals surface area contributed by atoms with E-state index in [0.717, 1.165) is 19.8 Å². The van der Waals surface area contributed by atoms with Crippen LogP contribution >= 0.6 is 11.9 Å². The zero-order valence-electron chi connectivity index (χ0n) is 4.85. The summed E-state index contributed by atoms with van der Waals surface area (Å²) < 4.78 is 8.38. The average molecular weight is 133 g/mol. The Bertz CT molecular complexity index is 36.4. The van der Waals surface area contributed by atoms with Crippen LogP contribution in [-0.2, 0) is 4.74 Å². The van der Waals surface area contributed by atoms with Gasteiger partial charge in [0.25, 0.3) is 0 Å². The fourth-order valence-electron chi connectivity index (χ4n) is 0.593. The molecular formula is C5H11NOS. The molecular weight excluding hydrogens is 122 g/mol. The monoisotopic (exact) mass is 133 g/mol. The van der Waals surface area contributed by atoms with Crippen LogP contribution in [-0.4, -0.2) is 25.5 Å². The molecule has 1 saturated heterocycles. The van der Waals surface area contributed by atoms with Crippen LogP contribution in [0, 0.1) is 0 Å². The van der Waals surface area contributed by atoms with Crippen LogP contribution in [0.5, 0.6) is 0 Å². The van der Waals surface area contributed by atoms with E-state index < -0.39 is 0 Å². The molecule has 0 aromatic carbocycles. The van der Waals surface area contributed by atoms with Gasteiger partial charge in [-0.25, -0.2) is 0 Å². The van der Waals surface area contributed by atoms with Crippen molar-refractivity contribution in [3.63, 3.8) is 0 Å². The third kappa shape index (κ3) is 2.55. The maximum absolute atomic E-state index is 5.20. The van der Waals surface area contributed by atoms with Crippen LogP contribution in [0.4, 0.5) is 0 Å². The molecule has 0 unspecified atom stereocenters. The summed E-state index contributed by atoms with van der Waals surface area (Å²) in [7, 11) is 0. The topological polar surface area (TPSA) is 21.3 Å². The Balaban J connectivity index is 2.00. The van der Waals surface area contributed by atoms with Crippen LogP contribution in [0.25, 0.3) is 0 Å². The summed E-state index contributed by atoms with van der Waals surface area (Å²) in [5, 5.41) is 0. The Kier molecular flexibility index (Phi) is 3.34. The van der Waals surface area contributed by atoms with Gasteiger partial charge in [-0.05, 0) is 6.42 Å². The molecule has 1 heterocycles. The Labute approximate surface area is 54.1 Å². The van der Waals surface area contributed by atoms with E-state index in [-0.39, 0.29) is 0 Å². The molecule has 1 aliphatic rings. The molecule has 0 saturated carbocycles. The Morgan fingerprint density at radius 2 is 2.38 bits per heavy atom. The smallest absolute Gasteiger partial charge is 0.0600 e. The Morgan fingerprint density at radius 1 is 1.38 bits per heavy atom. The molecule has 0 spiro atoms. The van der Waals surface area contributed by atoms with Gasteiger partial charge in [0, 0.05) is 18.9 Å². The fraction of sp³-hybridized carbons (Fsp3) is 1.00. The molecule has 1 N–H and O–H groups in total. The first-order chi connectivity index (χ1) is 4.00. The van der Waals surface area contributed by atoms with Crippen LogP contribution in [0.1, 0.15) is 6.42 Å². The molecule has 0 aromatic rings. The van der Waals surface area contributed by atoms with Gasteiger partial charge >= 0.3 is 0 Å². The van der Waals surface area contributed by atoms with Gasteiger partial charge in [0.2, 0.25) is 0 Å². The predicted octanol–water partition coefficient (Wildman–Crippen LogP) is 0.645. The van der Waals surface area contributed by atoms with Gasteiger partial charge < -0.3 is 4.74 Å². The molecule has 0 aliphatic carbocycles. The minimum absolute atomic E-state index is 0.868. The normalized spacial score (nSPS) is 24.0. The standard InChI is InChI=1S/C5H11NOS/c1-3-7-4-2-6-8-5-1/h6H,1-5H2. The maximum Gasteiger partial charge on any atom is 0.0600 e. The molecule has 0 amide bonds. The van der Waals surface area contributed by atoms with Gasteiger partial charge in [-0.15, -0.1) is 0 Å². The third-order valence-electron chi connectivity index (χ3n) is 0.986. The zero-order valence-corrected chi connectivity index (χ0v) is 5.67. The van der Waals surface area contributed by atoms with E-state index in [1.165, 1.54) is 12.2 Å². The number of nitrogens with one attached hydrogen (secondary N) is 1. The first-order valence-electron chi connectivity index (χ1n) is 2.92. The van der Waals surface area contributed by atoms with Crippen molar-refractivity contribution in [2.45, 2.75) is 6.42 Å². The first-order valence-corrected chi connectivity index (χ1v) is 3.91. The minimum atomic E-state index is 0.868. The minimum Gasteiger partial charge on any atom is -0.380 e. The van der Waals surface area contributed by atoms with Gasteiger partial charge in [-0.2, -0.15) is 0 Å². The van der Waals surface area contributed by atoms with Gasteiger partial charge in [0.1, 0.15) is 0 Å². The predicted molar refractivity (Wildman–Crippen MR) is 35.9 cm³/mol. The highest BCUT2D eigenvalue weighted by molar-refractivity contribution is 7.97. The molecule has 1 fully saturated rings. The van der Waals surface area contributed by atoms with Crippen LogP contribution in [0.2, 0.25) is 0 Å². The second-order valence-corrected chi connectivity index (χ2v) is 2.69. The molecule has 0 bridgehead atoms. The maximum atomic E-state index is 5.20. The highest BCUT2D eigenvalue weighted by Gasteiger charge is 1.94. The summed E-state index contributed by atoms with van der Waals surface area (Å²) in [4.78, 5) is 0. The number of rotatable bonds is 0. The lowest BCUT2D eigenvalue weighted by atomic mass is 10.5.